The van der Waals surface area contributed by atoms with Gasteiger partial charge in [0.05, 0.1) is 0 Å². The first-order valence-corrected chi connectivity index (χ1v) is 5.35. The van der Waals surface area contributed by atoms with Crippen LogP contribution in [-0.2, 0) is 0 Å². The van der Waals surface area contributed by atoms with Gasteiger partial charge >= 0.3 is 0 Å². The zero-order valence-electron chi connectivity index (χ0n) is 9.51. The summed E-state index contributed by atoms with van der Waals surface area (Å²) < 4.78 is 0. The van der Waals surface area contributed by atoms with Crippen molar-refractivity contribution in [2.24, 2.45) is 16.3 Å². The van der Waals surface area contributed by atoms with Crippen LogP contribution in [0.3, 0.4) is 0 Å². The molecule has 1 saturated heterocycles. The van der Waals surface area contributed by atoms with Gasteiger partial charge in [0.25, 0.3) is 0 Å². The molecule has 1 heterocycles. The van der Waals surface area contributed by atoms with E-state index in [0.29, 0.717) is 5.41 Å². The Morgan fingerprint density at radius 2 is 2.29 bits per heavy atom. The van der Waals surface area contributed by atoms with Crippen molar-refractivity contribution in [3.8, 4) is 0 Å². The number of rotatable bonds is 2. The maximum atomic E-state index is 5.46. The number of nitrogens with zero attached hydrogens (tertiary/aromatic N) is 2. The minimum Gasteiger partial charge on any atom is -0.341 e. The Hall–Kier alpha value is -0.770. The van der Waals surface area contributed by atoms with E-state index in [1.165, 1.54) is 6.42 Å². The van der Waals surface area contributed by atoms with Crippen LogP contribution in [0, 0.1) is 5.41 Å². The molecule has 0 saturated carbocycles. The number of nitrogens with one attached hydrogen (secondary N) is 1. The predicted molar refractivity (Wildman–Crippen MR) is 59.9 cm³/mol. The molecule has 14 heavy (non-hydrogen) atoms. The fourth-order valence-electron chi connectivity index (χ4n) is 1.75. The quantitative estimate of drug-likeness (QED) is 0.300. The number of hydrazine groups is 1. The Morgan fingerprint density at radius 1 is 1.57 bits per heavy atom. The van der Waals surface area contributed by atoms with Gasteiger partial charge in [-0.2, -0.15) is 0 Å². The van der Waals surface area contributed by atoms with E-state index in [1.807, 2.05) is 0 Å². The zero-order chi connectivity index (χ0) is 10.6. The van der Waals surface area contributed by atoms with Gasteiger partial charge in [-0.25, -0.2) is 5.84 Å². The molecule has 3 N–H and O–H groups in total. The Bertz CT molecular complexity index is 210. The number of hydrogen-bond donors (Lipinski definition) is 2. The maximum Gasteiger partial charge on any atom is 0.208 e. The average Bonchev–Trinajstić information content (AvgIpc) is 2.48. The van der Waals surface area contributed by atoms with Gasteiger partial charge in [-0.1, -0.05) is 20.8 Å². The van der Waals surface area contributed by atoms with Gasteiger partial charge in [-0.15, -0.1) is 0 Å². The topological polar surface area (TPSA) is 53.6 Å². The molecule has 4 nitrogen and oxygen atoms in total. The highest BCUT2D eigenvalue weighted by atomic mass is 15.4. The van der Waals surface area contributed by atoms with Crippen molar-refractivity contribution in [3.63, 3.8) is 0 Å². The minimum absolute atomic E-state index is 0.393. The minimum atomic E-state index is 0.393. The van der Waals surface area contributed by atoms with Gasteiger partial charge < -0.3 is 4.90 Å². The summed E-state index contributed by atoms with van der Waals surface area (Å²) in [6.45, 7) is 9.61. The molecule has 0 aromatic carbocycles. The van der Waals surface area contributed by atoms with Crippen molar-refractivity contribution in [1.82, 2.24) is 10.3 Å². The van der Waals surface area contributed by atoms with Crippen LogP contribution < -0.4 is 11.3 Å². The summed E-state index contributed by atoms with van der Waals surface area (Å²) in [5.41, 5.74) is 3.09. The van der Waals surface area contributed by atoms with Gasteiger partial charge in [0.1, 0.15) is 0 Å². The van der Waals surface area contributed by atoms with E-state index in [-0.39, 0.29) is 0 Å². The van der Waals surface area contributed by atoms with Crippen molar-refractivity contribution >= 4 is 5.96 Å². The van der Waals surface area contributed by atoms with Gasteiger partial charge in [0, 0.05) is 19.6 Å². The standard InChI is InChI=1S/C10H22N4/c1-4-6-12-9(13-11)14-7-5-10(2,3)8-14/h4-8,11H2,1-3H3,(H,12,13). The van der Waals surface area contributed by atoms with Crippen molar-refractivity contribution in [2.45, 2.75) is 33.6 Å². The van der Waals surface area contributed by atoms with Crippen molar-refractivity contribution in [2.75, 3.05) is 19.6 Å². The lowest BCUT2D eigenvalue weighted by Gasteiger charge is -2.22. The number of hydrogen-bond acceptors (Lipinski definition) is 2. The first-order chi connectivity index (χ1) is 6.59. The van der Waals surface area contributed by atoms with Crippen LogP contribution in [0.1, 0.15) is 33.6 Å². The molecule has 4 heteroatoms. The maximum absolute atomic E-state index is 5.46. The van der Waals surface area contributed by atoms with Crippen molar-refractivity contribution < 1.29 is 0 Å². The molecule has 0 spiro atoms. The van der Waals surface area contributed by atoms with E-state index < -0.39 is 0 Å². The molecule has 0 aromatic rings. The first-order valence-electron chi connectivity index (χ1n) is 5.35. The highest BCUT2D eigenvalue weighted by Gasteiger charge is 2.30. The molecular formula is C10H22N4. The molecule has 0 aliphatic carbocycles. The normalized spacial score (nSPS) is 21.4. The van der Waals surface area contributed by atoms with Crippen LogP contribution in [-0.4, -0.2) is 30.5 Å². The molecule has 0 unspecified atom stereocenters. The number of guanidine groups is 1. The summed E-state index contributed by atoms with van der Waals surface area (Å²) in [6, 6.07) is 0. The Labute approximate surface area is 86.5 Å². The van der Waals surface area contributed by atoms with Crippen molar-refractivity contribution in [1.29, 1.82) is 0 Å². The third kappa shape index (κ3) is 2.87. The highest BCUT2D eigenvalue weighted by Crippen LogP contribution is 2.28. The molecule has 0 amide bonds. The monoisotopic (exact) mass is 198 g/mol. The molecule has 1 aliphatic rings. The number of aliphatic imine (C=N–C) groups is 1. The van der Waals surface area contributed by atoms with E-state index in [2.05, 4.69) is 36.1 Å². The van der Waals surface area contributed by atoms with Crippen LogP contribution in [0.2, 0.25) is 0 Å². The molecular weight excluding hydrogens is 176 g/mol. The smallest absolute Gasteiger partial charge is 0.208 e. The number of likely N-dealkylation sites (tertiary alicyclic amines) is 1. The zero-order valence-corrected chi connectivity index (χ0v) is 9.51. The third-order valence-electron chi connectivity index (χ3n) is 2.59. The molecule has 1 rings (SSSR count). The van der Waals surface area contributed by atoms with E-state index in [9.17, 15) is 0 Å². The van der Waals surface area contributed by atoms with Crippen LogP contribution >= 0.6 is 0 Å². The Kier molecular flexibility index (Phi) is 3.75. The van der Waals surface area contributed by atoms with Crippen LogP contribution in [0.15, 0.2) is 4.99 Å². The second-order valence-corrected chi connectivity index (χ2v) is 4.69. The summed E-state index contributed by atoms with van der Waals surface area (Å²) in [6.07, 6.45) is 2.27. The van der Waals surface area contributed by atoms with Crippen molar-refractivity contribution in [3.05, 3.63) is 0 Å². The van der Waals surface area contributed by atoms with Gasteiger partial charge in [-0.3, -0.25) is 10.4 Å². The Morgan fingerprint density at radius 3 is 2.71 bits per heavy atom. The fourth-order valence-corrected chi connectivity index (χ4v) is 1.75. The molecule has 0 radical (unpaired) electrons. The molecule has 1 aliphatic heterocycles. The second-order valence-electron chi connectivity index (χ2n) is 4.69. The van der Waals surface area contributed by atoms with Gasteiger partial charge in [0.2, 0.25) is 5.96 Å². The SMILES string of the molecule is CCCN=C(NN)N1CCC(C)(C)C1. The lowest BCUT2D eigenvalue weighted by atomic mass is 9.93. The predicted octanol–water partition coefficient (Wildman–Crippen LogP) is 0.948. The summed E-state index contributed by atoms with van der Waals surface area (Å²) in [7, 11) is 0. The summed E-state index contributed by atoms with van der Waals surface area (Å²) in [5.74, 6) is 6.30. The lowest BCUT2D eigenvalue weighted by molar-refractivity contribution is 0.370. The third-order valence-corrected chi connectivity index (χ3v) is 2.59. The largest absolute Gasteiger partial charge is 0.341 e. The average molecular weight is 198 g/mol. The fraction of sp³-hybridized carbons (Fsp3) is 0.900. The number of nitrogens with two attached hydrogens (primary N) is 1. The van der Waals surface area contributed by atoms with E-state index in [0.717, 1.165) is 32.0 Å². The summed E-state index contributed by atoms with van der Waals surface area (Å²) in [4.78, 5) is 6.65. The van der Waals surface area contributed by atoms with Crippen LogP contribution in [0.5, 0.6) is 0 Å². The summed E-state index contributed by atoms with van der Waals surface area (Å²) >= 11 is 0. The molecule has 0 bridgehead atoms. The van der Waals surface area contributed by atoms with E-state index in [1.54, 1.807) is 0 Å². The highest BCUT2D eigenvalue weighted by molar-refractivity contribution is 5.79. The molecule has 0 atom stereocenters. The Balaban J connectivity index is 2.55. The molecule has 0 aromatic heterocycles. The lowest BCUT2D eigenvalue weighted by Crippen LogP contribution is -2.44. The van der Waals surface area contributed by atoms with E-state index >= 15 is 0 Å². The first kappa shape index (κ1) is 11.3. The van der Waals surface area contributed by atoms with Crippen LogP contribution in [0.4, 0.5) is 0 Å². The van der Waals surface area contributed by atoms with Gasteiger partial charge in [0.15, 0.2) is 0 Å². The van der Waals surface area contributed by atoms with Crippen LogP contribution in [0.25, 0.3) is 0 Å². The van der Waals surface area contributed by atoms with E-state index in [4.69, 9.17) is 5.84 Å². The van der Waals surface area contributed by atoms with Gasteiger partial charge in [-0.05, 0) is 18.3 Å². The molecule has 82 valence electrons. The molecule has 1 fully saturated rings. The second kappa shape index (κ2) is 4.64. The summed E-state index contributed by atoms with van der Waals surface area (Å²) in [5, 5.41) is 0.